The Hall–Kier alpha value is 0.820. The molecule has 4 N–H and O–H groups in total. The molecule has 0 aromatic heterocycles. The van der Waals surface area contributed by atoms with Crippen molar-refractivity contribution < 1.29 is 29.3 Å². The maximum absolute atomic E-state index is 11.2. The molecular weight excluding hydrogens is 276 g/mol. The molecular formula is C10H21NNa2O6. The van der Waals surface area contributed by atoms with Gasteiger partial charge >= 0.3 is 71.1 Å². The Morgan fingerprint density at radius 2 is 1.47 bits per heavy atom. The molecule has 9 heteroatoms. The van der Waals surface area contributed by atoms with E-state index in [0.29, 0.717) is 12.8 Å². The van der Waals surface area contributed by atoms with Crippen molar-refractivity contribution in [3.05, 3.63) is 0 Å². The van der Waals surface area contributed by atoms with Crippen molar-refractivity contribution in [2.45, 2.75) is 25.3 Å². The van der Waals surface area contributed by atoms with E-state index in [1.807, 2.05) is 0 Å². The van der Waals surface area contributed by atoms with Crippen LogP contribution in [0.2, 0.25) is 0 Å². The van der Waals surface area contributed by atoms with E-state index in [1.54, 1.807) is 0 Å². The summed E-state index contributed by atoms with van der Waals surface area (Å²) >= 11 is 0. The summed E-state index contributed by atoms with van der Waals surface area (Å²) in [6.07, 6.45) is 0.421. The minimum atomic E-state index is -1.06. The van der Waals surface area contributed by atoms with Crippen molar-refractivity contribution >= 4 is 71.1 Å². The Morgan fingerprint density at radius 3 is 1.95 bits per heavy atom. The summed E-state index contributed by atoms with van der Waals surface area (Å²) < 4.78 is 9.40. The standard InChI is InChI=1S/C10H19NO6.2Na.2H/c11-8(10(15)17-6-2-4-13)7-9(14)16-5-1-3-12;;;;/h8,12-13H,1-7,11H2;;;;/t8-;;;;/m0..../s1. The Kier molecular flexibility index (Phi) is 22.0. The molecule has 7 nitrogen and oxygen atoms in total. The SMILES string of the molecule is N[C@@H](CC(=O)OCCCO)C(=O)OCCCO.[NaH].[NaH]. The Bertz CT molecular complexity index is 242. The predicted octanol–water partition coefficient (Wildman–Crippen LogP) is -2.74. The van der Waals surface area contributed by atoms with E-state index >= 15 is 0 Å². The number of aliphatic hydroxyl groups excluding tert-OH is 2. The van der Waals surface area contributed by atoms with Gasteiger partial charge in [-0.2, -0.15) is 0 Å². The van der Waals surface area contributed by atoms with E-state index in [-0.39, 0.29) is 92.0 Å². The van der Waals surface area contributed by atoms with Gasteiger partial charge in [0, 0.05) is 26.1 Å². The van der Waals surface area contributed by atoms with Crippen molar-refractivity contribution in [2.24, 2.45) is 5.73 Å². The van der Waals surface area contributed by atoms with E-state index in [1.165, 1.54) is 0 Å². The zero-order chi connectivity index (χ0) is 13.1. The van der Waals surface area contributed by atoms with Crippen LogP contribution in [-0.2, 0) is 19.1 Å². The van der Waals surface area contributed by atoms with Crippen LogP contribution in [0.15, 0.2) is 0 Å². The van der Waals surface area contributed by atoms with Gasteiger partial charge in [-0.15, -0.1) is 0 Å². The molecule has 0 aliphatic rings. The van der Waals surface area contributed by atoms with E-state index in [4.69, 9.17) is 25.4 Å². The molecule has 0 radical (unpaired) electrons. The number of carbonyl (C=O) groups excluding carboxylic acids is 2. The molecule has 0 amide bonds. The fourth-order valence-electron chi connectivity index (χ4n) is 0.917. The molecule has 104 valence electrons. The number of hydrogen-bond acceptors (Lipinski definition) is 7. The normalized spacial score (nSPS) is 10.7. The molecule has 0 aromatic carbocycles. The molecule has 19 heavy (non-hydrogen) atoms. The third kappa shape index (κ3) is 15.0. The third-order valence-corrected chi connectivity index (χ3v) is 1.80. The van der Waals surface area contributed by atoms with Gasteiger partial charge in [-0.05, 0) is 0 Å². The number of rotatable bonds is 9. The van der Waals surface area contributed by atoms with E-state index in [9.17, 15) is 9.59 Å². The van der Waals surface area contributed by atoms with Gasteiger partial charge in [0.2, 0.25) is 0 Å². The number of aliphatic hydroxyl groups is 2. The molecule has 0 aliphatic carbocycles. The van der Waals surface area contributed by atoms with E-state index in [2.05, 4.69) is 0 Å². The average molecular weight is 297 g/mol. The zero-order valence-corrected chi connectivity index (χ0v) is 9.63. The quantitative estimate of drug-likeness (QED) is 0.240. The van der Waals surface area contributed by atoms with Crippen molar-refractivity contribution in [1.82, 2.24) is 0 Å². The van der Waals surface area contributed by atoms with Crippen LogP contribution in [0.25, 0.3) is 0 Å². The van der Waals surface area contributed by atoms with Crippen LogP contribution in [0.3, 0.4) is 0 Å². The molecule has 1 atom stereocenters. The van der Waals surface area contributed by atoms with Crippen molar-refractivity contribution in [3.8, 4) is 0 Å². The fraction of sp³-hybridized carbons (Fsp3) is 0.800. The second kappa shape index (κ2) is 16.9. The second-order valence-electron chi connectivity index (χ2n) is 3.35. The molecule has 0 heterocycles. The van der Waals surface area contributed by atoms with Crippen LogP contribution in [-0.4, -0.2) is 114 Å². The number of hydrogen-bond donors (Lipinski definition) is 3. The van der Waals surface area contributed by atoms with Crippen LogP contribution in [0, 0.1) is 0 Å². The van der Waals surface area contributed by atoms with Gasteiger partial charge in [0.1, 0.15) is 6.04 Å². The monoisotopic (exact) mass is 297 g/mol. The Labute approximate surface area is 156 Å². The molecule has 0 saturated carbocycles. The molecule has 0 unspecified atom stereocenters. The van der Waals surface area contributed by atoms with Gasteiger partial charge in [0.25, 0.3) is 0 Å². The first-order valence-electron chi connectivity index (χ1n) is 5.41. The van der Waals surface area contributed by atoms with Crippen LogP contribution < -0.4 is 5.73 Å². The number of esters is 2. The first-order valence-corrected chi connectivity index (χ1v) is 5.41. The number of ether oxygens (including phenoxy) is 2. The summed E-state index contributed by atoms with van der Waals surface area (Å²) in [6.45, 7) is 0.0263. The van der Waals surface area contributed by atoms with Gasteiger partial charge in [0.05, 0.1) is 19.6 Å². The van der Waals surface area contributed by atoms with Crippen molar-refractivity contribution in [2.75, 3.05) is 26.4 Å². The molecule has 0 saturated heterocycles. The topological polar surface area (TPSA) is 119 Å². The third-order valence-electron chi connectivity index (χ3n) is 1.80. The average Bonchev–Trinajstić information content (AvgIpc) is 2.29. The van der Waals surface area contributed by atoms with Crippen LogP contribution in [0.4, 0.5) is 0 Å². The van der Waals surface area contributed by atoms with Crippen LogP contribution in [0.5, 0.6) is 0 Å². The van der Waals surface area contributed by atoms with Crippen LogP contribution in [0.1, 0.15) is 19.3 Å². The van der Waals surface area contributed by atoms with E-state index < -0.39 is 18.0 Å². The van der Waals surface area contributed by atoms with Gasteiger partial charge in [0.15, 0.2) is 0 Å². The summed E-state index contributed by atoms with van der Waals surface area (Å²) in [7, 11) is 0. The van der Waals surface area contributed by atoms with E-state index in [0.717, 1.165) is 0 Å². The first kappa shape index (κ1) is 24.8. The van der Waals surface area contributed by atoms with Gasteiger partial charge in [-0.25, -0.2) is 0 Å². The Balaban J connectivity index is -0.00000128. The molecule has 0 bridgehead atoms. The predicted molar refractivity (Wildman–Crippen MR) is 72.2 cm³/mol. The molecule has 0 spiro atoms. The molecule has 0 aromatic rings. The summed E-state index contributed by atoms with van der Waals surface area (Å²) in [5.74, 6) is -1.30. The molecule has 0 fully saturated rings. The first-order chi connectivity index (χ1) is 8.11. The molecule has 0 aliphatic heterocycles. The van der Waals surface area contributed by atoms with Gasteiger partial charge < -0.3 is 25.4 Å². The summed E-state index contributed by atoms with van der Waals surface area (Å²) in [4.78, 5) is 22.3. The maximum atomic E-state index is 11.2. The second-order valence-corrected chi connectivity index (χ2v) is 3.35. The number of carbonyl (C=O) groups is 2. The van der Waals surface area contributed by atoms with Crippen LogP contribution >= 0.6 is 0 Å². The fourth-order valence-corrected chi connectivity index (χ4v) is 0.917. The van der Waals surface area contributed by atoms with Crippen molar-refractivity contribution in [1.29, 1.82) is 0 Å². The molecule has 0 rings (SSSR count). The van der Waals surface area contributed by atoms with Gasteiger partial charge in [-0.3, -0.25) is 9.59 Å². The summed E-state index contributed by atoms with van der Waals surface area (Å²) in [6, 6.07) is -1.06. The van der Waals surface area contributed by atoms with Crippen molar-refractivity contribution in [3.63, 3.8) is 0 Å². The minimum absolute atomic E-state index is 0. The van der Waals surface area contributed by atoms with Gasteiger partial charge in [-0.1, -0.05) is 0 Å². The number of nitrogens with two attached hydrogens (primary N) is 1. The zero-order valence-electron chi connectivity index (χ0n) is 9.63. The summed E-state index contributed by atoms with van der Waals surface area (Å²) in [5, 5.41) is 16.9. The summed E-state index contributed by atoms with van der Waals surface area (Å²) in [5.41, 5.74) is 5.42. The Morgan fingerprint density at radius 1 is 1.00 bits per heavy atom.